The molecule has 4 aromatic rings. The zero-order valence-electron chi connectivity index (χ0n) is 29.2. The Morgan fingerprint density at radius 3 is 1.16 bits per heavy atom. The van der Waals surface area contributed by atoms with Crippen molar-refractivity contribution in [3.63, 3.8) is 0 Å². The van der Waals surface area contributed by atoms with E-state index in [1.54, 1.807) is 0 Å². The van der Waals surface area contributed by atoms with E-state index < -0.39 is 46.0 Å². The van der Waals surface area contributed by atoms with Crippen molar-refractivity contribution >= 4 is 77.4 Å². The van der Waals surface area contributed by atoms with Gasteiger partial charge in [-0.05, 0) is 80.8 Å². The van der Waals surface area contributed by atoms with Crippen molar-refractivity contribution in [3.05, 3.63) is 76.4 Å². The highest BCUT2D eigenvalue weighted by Crippen LogP contribution is 2.52. The topological polar surface area (TPSA) is 34.1 Å². The molecule has 1 aromatic carbocycles. The molecule has 0 amide bonds. The Hall–Kier alpha value is -1.66. The van der Waals surface area contributed by atoms with Crippen LogP contribution < -0.4 is 0 Å². The van der Waals surface area contributed by atoms with Crippen molar-refractivity contribution in [2.75, 3.05) is 0 Å². The summed E-state index contributed by atoms with van der Waals surface area (Å²) in [6, 6.07) is 3.97. The molecule has 2 nitrogen and oxygen atoms in total. The van der Waals surface area contributed by atoms with Crippen molar-refractivity contribution < 1.29 is 27.2 Å². The molecule has 0 saturated carbocycles. The highest BCUT2D eigenvalue weighted by atomic mass is 79.9. The lowest BCUT2D eigenvalue weighted by Gasteiger charge is -2.18. The molecule has 1 aliphatic rings. The van der Waals surface area contributed by atoms with Gasteiger partial charge in [-0.2, -0.15) is 0 Å². The third-order valence-electron chi connectivity index (χ3n) is 9.65. The van der Waals surface area contributed by atoms with E-state index in [9.17, 15) is 18.4 Å². The zero-order valence-corrected chi connectivity index (χ0v) is 34.8. The van der Waals surface area contributed by atoms with Gasteiger partial charge < -0.3 is 0 Å². The lowest BCUT2D eigenvalue weighted by Crippen LogP contribution is -2.25. The molecule has 0 unspecified atom stereocenters. The SMILES string of the molecule is CCCCCCCCCCc1cc(-c2sc(-c3cc(CCCCCCCCCC)c(Br)s3)c3c2C(=O)c2c(F)c(F)c(F)c(F)c2C3=O)sc1Br. The molecular weight excluding hydrogens is 844 g/mol. The first-order chi connectivity index (χ1) is 24.6. The van der Waals surface area contributed by atoms with Crippen molar-refractivity contribution in [1.29, 1.82) is 0 Å². The van der Waals surface area contributed by atoms with Gasteiger partial charge in [-0.3, -0.25) is 9.59 Å². The molecule has 0 saturated heterocycles. The minimum atomic E-state index is -2.10. The largest absolute Gasteiger partial charge is 0.288 e. The summed E-state index contributed by atoms with van der Waals surface area (Å²) in [5, 5.41) is 0. The van der Waals surface area contributed by atoms with Crippen LogP contribution in [0.4, 0.5) is 17.6 Å². The normalized spacial score (nSPS) is 12.6. The van der Waals surface area contributed by atoms with Crippen LogP contribution in [0.25, 0.3) is 19.5 Å². The second-order valence-corrected chi connectivity index (χ2v) is 19.2. The number of carbonyl (C=O) groups is 2. The number of hydrogen-bond acceptors (Lipinski definition) is 5. The van der Waals surface area contributed by atoms with Gasteiger partial charge in [0.2, 0.25) is 0 Å². The molecule has 51 heavy (non-hydrogen) atoms. The van der Waals surface area contributed by atoms with Crippen LogP contribution in [0.3, 0.4) is 0 Å². The van der Waals surface area contributed by atoms with Crippen LogP contribution in [-0.4, -0.2) is 11.6 Å². The quantitative estimate of drug-likeness (QED) is 0.0338. The van der Waals surface area contributed by atoms with Gasteiger partial charge in [0.05, 0.1) is 39.6 Å². The second-order valence-electron chi connectivity index (χ2n) is 13.4. The van der Waals surface area contributed by atoms with Crippen LogP contribution in [0, 0.1) is 23.3 Å². The fourth-order valence-corrected chi connectivity index (χ4v) is 11.8. The number of unbranched alkanes of at least 4 members (excludes halogenated alkanes) is 14. The van der Waals surface area contributed by atoms with Crippen molar-refractivity contribution in [2.24, 2.45) is 0 Å². The Kier molecular flexibility index (Phi) is 15.2. The average molecular weight is 889 g/mol. The molecule has 0 radical (unpaired) electrons. The third-order valence-corrected chi connectivity index (χ3v) is 15.1. The number of halogens is 6. The van der Waals surface area contributed by atoms with Gasteiger partial charge in [-0.15, -0.1) is 34.0 Å². The van der Waals surface area contributed by atoms with E-state index in [-0.39, 0.29) is 11.1 Å². The summed E-state index contributed by atoms with van der Waals surface area (Å²) in [5.41, 5.74) is -0.135. The summed E-state index contributed by atoms with van der Waals surface area (Å²) in [6.45, 7) is 4.42. The minimum Gasteiger partial charge on any atom is -0.288 e. The van der Waals surface area contributed by atoms with E-state index in [2.05, 4.69) is 45.7 Å². The van der Waals surface area contributed by atoms with E-state index in [1.165, 1.54) is 111 Å². The first-order valence-electron chi connectivity index (χ1n) is 18.3. The van der Waals surface area contributed by atoms with E-state index in [1.807, 2.05) is 12.1 Å². The average Bonchev–Trinajstić information content (AvgIpc) is 3.81. The number of benzene rings is 1. The van der Waals surface area contributed by atoms with Gasteiger partial charge in [-0.25, -0.2) is 17.6 Å². The molecule has 0 spiro atoms. The molecule has 0 aliphatic heterocycles. The summed E-state index contributed by atoms with van der Waals surface area (Å²) in [5.74, 6) is -9.94. The maximum Gasteiger partial charge on any atom is 0.199 e. The number of hydrogen-bond donors (Lipinski definition) is 0. The smallest absolute Gasteiger partial charge is 0.199 e. The fraction of sp³-hybridized carbons (Fsp3) is 0.500. The predicted molar refractivity (Wildman–Crippen MR) is 212 cm³/mol. The number of aryl methyl sites for hydroxylation is 2. The van der Waals surface area contributed by atoms with E-state index in [0.717, 1.165) is 57.2 Å². The van der Waals surface area contributed by atoms with Gasteiger partial charge in [0.15, 0.2) is 34.8 Å². The monoisotopic (exact) mass is 886 g/mol. The van der Waals surface area contributed by atoms with Crippen molar-refractivity contribution in [2.45, 2.75) is 129 Å². The number of fused-ring (bicyclic) bond motifs is 2. The predicted octanol–water partition coefficient (Wildman–Crippen LogP) is 15.4. The van der Waals surface area contributed by atoms with Gasteiger partial charge in [-0.1, -0.05) is 104 Å². The Balaban J connectivity index is 1.45. The summed E-state index contributed by atoms with van der Waals surface area (Å²) in [6.07, 6.45) is 20.7. The van der Waals surface area contributed by atoms with Crippen LogP contribution in [0.15, 0.2) is 19.7 Å². The Morgan fingerprint density at radius 2 is 0.804 bits per heavy atom. The number of rotatable bonds is 20. The van der Waals surface area contributed by atoms with Crippen LogP contribution in [0.5, 0.6) is 0 Å². The minimum absolute atomic E-state index is 0.0849. The zero-order chi connectivity index (χ0) is 36.7. The van der Waals surface area contributed by atoms with Gasteiger partial charge in [0.25, 0.3) is 0 Å². The van der Waals surface area contributed by atoms with E-state index in [4.69, 9.17) is 0 Å². The molecule has 0 bridgehead atoms. The Bertz CT molecular complexity index is 1730. The first-order valence-corrected chi connectivity index (χ1v) is 22.3. The molecule has 3 heterocycles. The third kappa shape index (κ3) is 9.18. The lowest BCUT2D eigenvalue weighted by atomic mass is 9.83. The first kappa shape index (κ1) is 40.5. The molecule has 11 heteroatoms. The van der Waals surface area contributed by atoms with E-state index >= 15 is 8.78 Å². The maximum atomic E-state index is 15.2. The Morgan fingerprint density at radius 1 is 0.471 bits per heavy atom. The fourth-order valence-electron chi connectivity index (χ4n) is 6.80. The summed E-state index contributed by atoms with van der Waals surface area (Å²) in [4.78, 5) is 30.4. The number of carbonyl (C=O) groups excluding carboxylic acids is 2. The highest BCUT2D eigenvalue weighted by molar-refractivity contribution is 9.11. The Labute approximate surface area is 327 Å². The number of ketones is 2. The van der Waals surface area contributed by atoms with Crippen molar-refractivity contribution in [3.8, 4) is 19.5 Å². The molecular formula is C40H44Br2F4O2S3. The van der Waals surface area contributed by atoms with Crippen LogP contribution in [0.2, 0.25) is 0 Å². The standard InChI is InChI=1S/C40H44Br2F4O2S3/c1-3-5-7-9-11-13-15-17-19-23-21-25(49-39(23)41)37-29-30(36(48)28-27(35(29)47)31(43)33(45)34(46)32(28)44)38(51-37)26-22-24(40(42)50-26)20-18-16-14-12-10-8-6-4-2/h21-22H,3-20H2,1-2H3. The number of thiophene rings is 3. The summed E-state index contributed by atoms with van der Waals surface area (Å²) in [7, 11) is 0. The van der Waals surface area contributed by atoms with Gasteiger partial charge >= 0.3 is 0 Å². The van der Waals surface area contributed by atoms with Gasteiger partial charge in [0, 0.05) is 9.75 Å². The molecule has 1 aliphatic carbocycles. The lowest BCUT2D eigenvalue weighted by molar-refractivity contribution is 0.0971. The second kappa shape index (κ2) is 19.1. The molecule has 0 fully saturated rings. The summed E-state index contributed by atoms with van der Waals surface area (Å²) < 4.78 is 61.1. The van der Waals surface area contributed by atoms with Crippen LogP contribution >= 0.6 is 65.9 Å². The molecule has 0 atom stereocenters. The van der Waals surface area contributed by atoms with Gasteiger partial charge in [0.1, 0.15) is 0 Å². The maximum absolute atomic E-state index is 15.2. The van der Waals surface area contributed by atoms with Crippen LogP contribution in [-0.2, 0) is 12.8 Å². The van der Waals surface area contributed by atoms with E-state index in [0.29, 0.717) is 19.5 Å². The van der Waals surface area contributed by atoms with Crippen LogP contribution in [0.1, 0.15) is 160 Å². The molecule has 0 N–H and O–H groups in total. The molecule has 5 rings (SSSR count). The molecule has 276 valence electrons. The molecule has 3 aromatic heterocycles. The van der Waals surface area contributed by atoms with Crippen molar-refractivity contribution in [1.82, 2.24) is 0 Å². The summed E-state index contributed by atoms with van der Waals surface area (Å²) >= 11 is 11.4. The highest BCUT2D eigenvalue weighted by Gasteiger charge is 2.43.